The van der Waals surface area contributed by atoms with Crippen LogP contribution >= 0.6 is 11.6 Å². The van der Waals surface area contributed by atoms with Gasteiger partial charge in [0.05, 0.1) is 25.8 Å². The van der Waals surface area contributed by atoms with E-state index in [9.17, 15) is 4.79 Å². The van der Waals surface area contributed by atoms with Crippen molar-refractivity contribution in [1.82, 2.24) is 10.2 Å². The van der Waals surface area contributed by atoms with Gasteiger partial charge in [-0.25, -0.2) is 0 Å². The van der Waals surface area contributed by atoms with Crippen LogP contribution in [0.4, 0.5) is 0 Å². The maximum atomic E-state index is 12.8. The molecule has 0 unspecified atom stereocenters. The van der Waals surface area contributed by atoms with Crippen molar-refractivity contribution >= 4 is 17.5 Å². The number of benzene rings is 2. The Balaban J connectivity index is 1.57. The van der Waals surface area contributed by atoms with Crippen LogP contribution < -0.4 is 19.5 Å². The number of hydrogen-bond donors (Lipinski definition) is 1. The molecule has 1 N–H and O–H groups in total. The maximum Gasteiger partial charge on any atom is 0.251 e. The van der Waals surface area contributed by atoms with Crippen LogP contribution in [0.2, 0.25) is 5.02 Å². The van der Waals surface area contributed by atoms with E-state index in [1.54, 1.807) is 26.4 Å². The molecule has 2 aromatic rings. The Morgan fingerprint density at radius 1 is 1.13 bits per heavy atom. The van der Waals surface area contributed by atoms with Crippen LogP contribution in [-0.4, -0.2) is 50.8 Å². The van der Waals surface area contributed by atoms with E-state index < -0.39 is 0 Å². The average molecular weight is 447 g/mol. The van der Waals surface area contributed by atoms with Crippen LogP contribution in [0.15, 0.2) is 36.4 Å². The summed E-state index contributed by atoms with van der Waals surface area (Å²) in [5.41, 5.74) is 1.65. The average Bonchev–Trinajstić information content (AvgIpc) is 2.79. The van der Waals surface area contributed by atoms with Gasteiger partial charge in [0.1, 0.15) is 5.75 Å². The smallest absolute Gasteiger partial charge is 0.251 e. The predicted octanol–water partition coefficient (Wildman–Crippen LogP) is 4.54. The van der Waals surface area contributed by atoms with E-state index >= 15 is 0 Å². The number of methoxy groups -OCH3 is 2. The Hall–Kier alpha value is -2.44. The van der Waals surface area contributed by atoms with Gasteiger partial charge >= 0.3 is 0 Å². The third-order valence-electron chi connectivity index (χ3n) is 5.45. The van der Waals surface area contributed by atoms with Crippen molar-refractivity contribution in [1.29, 1.82) is 0 Å². The lowest BCUT2D eigenvalue weighted by molar-refractivity contribution is 0.0908. The first-order valence-corrected chi connectivity index (χ1v) is 11.1. The minimum Gasteiger partial charge on any atom is -0.496 e. The molecule has 3 rings (SSSR count). The maximum absolute atomic E-state index is 12.8. The topological polar surface area (TPSA) is 60.0 Å². The van der Waals surface area contributed by atoms with Crippen LogP contribution in [0.1, 0.15) is 42.1 Å². The second-order valence-electron chi connectivity index (χ2n) is 7.67. The van der Waals surface area contributed by atoms with Gasteiger partial charge in [-0.05, 0) is 37.5 Å². The second-order valence-corrected chi connectivity index (χ2v) is 8.08. The van der Waals surface area contributed by atoms with Crippen molar-refractivity contribution in [2.24, 2.45) is 0 Å². The summed E-state index contributed by atoms with van der Waals surface area (Å²) in [4.78, 5) is 15.2. The number of ether oxygens (including phenoxy) is 3. The molecular weight excluding hydrogens is 416 g/mol. The number of piperidine rings is 1. The number of carbonyl (C=O) groups is 1. The summed E-state index contributed by atoms with van der Waals surface area (Å²) in [5, 5.41) is 3.52. The van der Waals surface area contributed by atoms with Crippen molar-refractivity contribution in [3.8, 4) is 17.2 Å². The fourth-order valence-electron chi connectivity index (χ4n) is 3.77. The predicted molar refractivity (Wildman–Crippen MR) is 123 cm³/mol. The molecule has 1 amide bonds. The number of nitrogens with one attached hydrogen (secondary N) is 1. The van der Waals surface area contributed by atoms with E-state index in [4.69, 9.17) is 25.8 Å². The van der Waals surface area contributed by atoms with Crippen molar-refractivity contribution < 1.29 is 19.0 Å². The highest BCUT2D eigenvalue weighted by Crippen LogP contribution is 2.36. The van der Waals surface area contributed by atoms with Crippen LogP contribution in [0.25, 0.3) is 0 Å². The fraction of sp³-hybridized carbons (Fsp3) is 0.458. The number of carbonyl (C=O) groups excluding carboxylic acids is 1. The van der Waals surface area contributed by atoms with Crippen LogP contribution in [0.3, 0.4) is 0 Å². The molecule has 168 valence electrons. The number of likely N-dealkylation sites (tertiary alicyclic amines) is 1. The van der Waals surface area contributed by atoms with E-state index in [1.807, 2.05) is 25.1 Å². The molecule has 1 fully saturated rings. The van der Waals surface area contributed by atoms with E-state index in [0.29, 0.717) is 28.7 Å². The molecule has 0 saturated carbocycles. The van der Waals surface area contributed by atoms with E-state index in [1.165, 1.54) is 5.56 Å². The van der Waals surface area contributed by atoms with E-state index in [2.05, 4.69) is 16.3 Å². The Morgan fingerprint density at radius 3 is 2.52 bits per heavy atom. The summed E-state index contributed by atoms with van der Waals surface area (Å²) in [6.45, 7) is 5.23. The van der Waals surface area contributed by atoms with Gasteiger partial charge in [0.15, 0.2) is 11.5 Å². The quantitative estimate of drug-likeness (QED) is 0.612. The summed E-state index contributed by atoms with van der Waals surface area (Å²) in [6, 6.07) is 11.5. The number of halogens is 1. The van der Waals surface area contributed by atoms with Gasteiger partial charge in [-0.1, -0.05) is 36.7 Å². The van der Waals surface area contributed by atoms with Crippen molar-refractivity contribution in [2.75, 3.05) is 33.9 Å². The lowest BCUT2D eigenvalue weighted by Crippen LogP contribution is -2.44. The van der Waals surface area contributed by atoms with Gasteiger partial charge in [-0.3, -0.25) is 9.69 Å². The third kappa shape index (κ3) is 6.05. The molecule has 1 aliphatic rings. The van der Waals surface area contributed by atoms with Crippen LogP contribution in [0.5, 0.6) is 17.2 Å². The largest absolute Gasteiger partial charge is 0.496 e. The van der Waals surface area contributed by atoms with Crippen molar-refractivity contribution in [3.05, 3.63) is 52.5 Å². The summed E-state index contributed by atoms with van der Waals surface area (Å²) in [7, 11) is 3.24. The molecule has 1 heterocycles. The monoisotopic (exact) mass is 446 g/mol. The summed E-state index contributed by atoms with van der Waals surface area (Å²) in [5.74, 6) is 1.71. The number of para-hydroxylation sites is 1. The molecule has 1 aliphatic heterocycles. The Labute approximate surface area is 189 Å². The highest BCUT2D eigenvalue weighted by atomic mass is 35.5. The van der Waals surface area contributed by atoms with Crippen molar-refractivity contribution in [3.63, 3.8) is 0 Å². The molecule has 31 heavy (non-hydrogen) atoms. The standard InChI is InChI=1S/C24H31ClN2O4/c1-4-13-31-23-20(25)14-18(15-22(23)30-3)24(28)26-19-9-11-27(12-10-19)16-17-7-5-6-8-21(17)29-2/h5-8,14-15,19H,4,9-13,16H2,1-3H3,(H,26,28). The number of hydrogen-bond acceptors (Lipinski definition) is 5. The molecule has 1 saturated heterocycles. The number of amides is 1. The van der Waals surface area contributed by atoms with Gasteiger partial charge in [-0.15, -0.1) is 0 Å². The minimum atomic E-state index is -0.148. The van der Waals surface area contributed by atoms with Gasteiger partial charge in [0.25, 0.3) is 5.91 Å². The lowest BCUT2D eigenvalue weighted by Gasteiger charge is -2.32. The molecule has 0 aliphatic carbocycles. The van der Waals surface area contributed by atoms with E-state index in [-0.39, 0.29) is 11.9 Å². The van der Waals surface area contributed by atoms with Crippen molar-refractivity contribution in [2.45, 2.75) is 38.8 Å². The molecule has 0 atom stereocenters. The minimum absolute atomic E-state index is 0.127. The number of rotatable bonds is 9. The third-order valence-corrected chi connectivity index (χ3v) is 5.73. The molecule has 7 heteroatoms. The van der Waals surface area contributed by atoms with Gasteiger partial charge in [-0.2, -0.15) is 0 Å². The molecule has 2 aromatic carbocycles. The molecule has 0 spiro atoms. The Kier molecular flexibility index (Phi) is 8.43. The first-order valence-electron chi connectivity index (χ1n) is 10.7. The Morgan fingerprint density at radius 2 is 1.84 bits per heavy atom. The summed E-state index contributed by atoms with van der Waals surface area (Å²) in [6.07, 6.45) is 2.64. The first kappa shape index (κ1) is 23.2. The molecule has 0 aromatic heterocycles. The number of nitrogens with zero attached hydrogens (tertiary/aromatic N) is 1. The van der Waals surface area contributed by atoms with Gasteiger partial charge < -0.3 is 19.5 Å². The van der Waals surface area contributed by atoms with Gasteiger partial charge in [0.2, 0.25) is 0 Å². The zero-order valence-electron chi connectivity index (χ0n) is 18.4. The highest BCUT2D eigenvalue weighted by molar-refractivity contribution is 6.32. The first-order chi connectivity index (χ1) is 15.0. The lowest BCUT2D eigenvalue weighted by atomic mass is 10.0. The molecule has 6 nitrogen and oxygen atoms in total. The summed E-state index contributed by atoms with van der Waals surface area (Å²) < 4.78 is 16.5. The molecular formula is C24H31ClN2O4. The SMILES string of the molecule is CCCOc1c(Cl)cc(C(=O)NC2CCN(Cc3ccccc3OC)CC2)cc1OC. The molecule has 0 radical (unpaired) electrons. The normalized spacial score (nSPS) is 14.8. The zero-order valence-corrected chi connectivity index (χ0v) is 19.2. The van der Waals surface area contributed by atoms with Crippen LogP contribution in [0, 0.1) is 0 Å². The fourth-order valence-corrected chi connectivity index (χ4v) is 4.04. The summed E-state index contributed by atoms with van der Waals surface area (Å²) >= 11 is 6.35. The molecule has 0 bridgehead atoms. The second kappa shape index (κ2) is 11.3. The zero-order chi connectivity index (χ0) is 22.2. The van der Waals surface area contributed by atoms with Crippen LogP contribution in [-0.2, 0) is 6.54 Å². The Bertz CT molecular complexity index is 882. The van der Waals surface area contributed by atoms with Gasteiger partial charge in [0, 0.05) is 36.8 Å². The highest BCUT2D eigenvalue weighted by Gasteiger charge is 2.23. The van der Waals surface area contributed by atoms with E-state index in [0.717, 1.165) is 44.6 Å².